The molecule has 0 saturated heterocycles. The number of benzene rings is 4. The highest BCUT2D eigenvalue weighted by Gasteiger charge is 2.20. The largest absolute Gasteiger partial charge is 0.465 e. The van der Waals surface area contributed by atoms with Gasteiger partial charge in [-0.2, -0.15) is 0 Å². The number of ether oxygens (including phenoxy) is 3. The molecule has 0 bridgehead atoms. The van der Waals surface area contributed by atoms with Crippen molar-refractivity contribution in [1.82, 2.24) is 29.3 Å². The number of aromatic nitrogens is 4. The Morgan fingerprint density at radius 1 is 0.641 bits per heavy atom. The highest BCUT2D eigenvalue weighted by atomic mass is 28.3. The van der Waals surface area contributed by atoms with E-state index in [1.54, 1.807) is 0 Å². The number of carboxylic acid groups (broad SMARTS) is 1. The minimum Gasteiger partial charge on any atom is -0.465 e. The molecule has 0 aliphatic carbocycles. The molecular weight excluding hydrogens is 845 g/mol. The SMILES string of the molecule is C[Si](C)(C)CCOCn1c(CN(Cc2ccccc2)C(=O)O)nc2ccc(CCO)cc21.C[Si](C)(C)CCOCn1c(CNC(=O)OCc2ccccc2)nc2cc(CCO)ccc21. The van der Waals surface area contributed by atoms with Crippen LogP contribution in [0.5, 0.6) is 0 Å². The molecule has 344 valence electrons. The van der Waals surface area contributed by atoms with Gasteiger partial charge in [0.15, 0.2) is 0 Å². The molecule has 6 rings (SSSR count). The fourth-order valence-electron chi connectivity index (χ4n) is 6.72. The molecule has 64 heavy (non-hydrogen) atoms. The summed E-state index contributed by atoms with van der Waals surface area (Å²) in [6, 6.07) is 33.1. The molecule has 0 unspecified atom stereocenters. The van der Waals surface area contributed by atoms with Crippen molar-refractivity contribution in [3.8, 4) is 0 Å². The van der Waals surface area contributed by atoms with E-state index >= 15 is 0 Å². The van der Waals surface area contributed by atoms with Gasteiger partial charge in [0, 0.05) is 49.1 Å². The van der Waals surface area contributed by atoms with Crippen molar-refractivity contribution < 1.29 is 39.1 Å². The van der Waals surface area contributed by atoms with Crippen LogP contribution in [0.15, 0.2) is 97.1 Å². The van der Waals surface area contributed by atoms with E-state index in [1.165, 1.54) is 4.90 Å². The van der Waals surface area contributed by atoms with Crippen LogP contribution in [0.2, 0.25) is 51.4 Å². The molecule has 16 heteroatoms. The lowest BCUT2D eigenvalue weighted by Gasteiger charge is -2.20. The predicted octanol–water partition coefficient (Wildman–Crippen LogP) is 8.87. The summed E-state index contributed by atoms with van der Waals surface area (Å²) >= 11 is 0. The summed E-state index contributed by atoms with van der Waals surface area (Å²) in [7, 11) is -2.39. The number of aliphatic hydroxyl groups is 2. The predicted molar refractivity (Wildman–Crippen MR) is 256 cm³/mol. The Balaban J connectivity index is 0.000000241. The van der Waals surface area contributed by atoms with Gasteiger partial charge in [0.05, 0.1) is 35.2 Å². The molecule has 0 radical (unpaired) electrons. The van der Waals surface area contributed by atoms with Crippen molar-refractivity contribution in [2.75, 3.05) is 26.4 Å². The number of alkyl carbamates (subject to hydrolysis) is 1. The van der Waals surface area contributed by atoms with Crippen LogP contribution >= 0.6 is 0 Å². The van der Waals surface area contributed by atoms with Gasteiger partial charge >= 0.3 is 12.2 Å². The van der Waals surface area contributed by atoms with E-state index in [0.717, 1.165) is 56.4 Å². The first kappa shape index (κ1) is 49.6. The van der Waals surface area contributed by atoms with Crippen LogP contribution < -0.4 is 5.32 Å². The first-order valence-corrected chi connectivity index (χ1v) is 29.3. The second-order valence-corrected chi connectivity index (χ2v) is 29.5. The van der Waals surface area contributed by atoms with Gasteiger partial charge in [-0.15, -0.1) is 0 Å². The lowest BCUT2D eigenvalue weighted by Crippen LogP contribution is -2.30. The summed E-state index contributed by atoms with van der Waals surface area (Å²) in [5.74, 6) is 1.35. The number of carbonyl (C=O) groups is 2. The van der Waals surface area contributed by atoms with E-state index in [4.69, 9.17) is 24.2 Å². The maximum absolute atomic E-state index is 12.2. The first-order valence-electron chi connectivity index (χ1n) is 21.9. The number of nitrogens with zero attached hydrogens (tertiary/aromatic N) is 5. The average molecular weight is 911 g/mol. The van der Waals surface area contributed by atoms with Gasteiger partial charge < -0.3 is 44.0 Å². The Bertz CT molecular complexity index is 2380. The second kappa shape index (κ2) is 24.1. The number of aliphatic hydroxyl groups excluding tert-OH is 2. The Morgan fingerprint density at radius 3 is 1.77 bits per heavy atom. The van der Waals surface area contributed by atoms with E-state index in [-0.39, 0.29) is 39.5 Å². The van der Waals surface area contributed by atoms with Gasteiger partial charge in [-0.25, -0.2) is 19.6 Å². The van der Waals surface area contributed by atoms with E-state index in [0.29, 0.717) is 51.2 Å². The maximum Gasteiger partial charge on any atom is 0.408 e. The number of fused-ring (bicyclic) bond motifs is 2. The number of imidazole rings is 2. The lowest BCUT2D eigenvalue weighted by molar-refractivity contribution is 0.0847. The van der Waals surface area contributed by atoms with Crippen LogP contribution in [0, 0.1) is 0 Å². The van der Waals surface area contributed by atoms with Crippen molar-refractivity contribution >= 4 is 50.4 Å². The van der Waals surface area contributed by atoms with Gasteiger partial charge in [0.25, 0.3) is 0 Å². The summed E-state index contributed by atoms with van der Waals surface area (Å²) in [6.45, 7) is 17.0. The summed E-state index contributed by atoms with van der Waals surface area (Å²) in [5.41, 5.74) is 7.33. The molecular formula is C48H66N6O8Si2. The number of rotatable bonds is 22. The highest BCUT2D eigenvalue weighted by molar-refractivity contribution is 6.76. The fraction of sp³-hybridized carbons (Fsp3) is 0.417. The van der Waals surface area contributed by atoms with Crippen LogP contribution in [0.1, 0.15) is 33.9 Å². The van der Waals surface area contributed by atoms with Gasteiger partial charge in [-0.3, -0.25) is 4.90 Å². The molecule has 4 N–H and O–H groups in total. The van der Waals surface area contributed by atoms with Crippen molar-refractivity contribution in [2.24, 2.45) is 0 Å². The second-order valence-electron chi connectivity index (χ2n) is 18.2. The standard InChI is InChI=1S/2C24H33N3O4Si/c1-32(2,3)14-13-30-18-27-22-10-9-19(11-12-28)15-21(22)26-23(27)16-25-24(29)31-17-20-7-5-4-6-8-20;1-32(2,3)14-13-31-18-27-22-15-19(11-12-28)9-10-21(22)25-23(27)17-26(24(29)30)16-20-7-5-4-6-8-20/h4-10,15,28H,11-14,16-18H2,1-3H3,(H,25,29);4-10,15,28H,11-14,16-18H2,1-3H3,(H,29,30). The molecule has 2 heterocycles. The minimum absolute atomic E-state index is 0.0725. The van der Waals surface area contributed by atoms with Crippen LogP contribution in [0.25, 0.3) is 22.1 Å². The molecule has 0 spiro atoms. The van der Waals surface area contributed by atoms with E-state index in [2.05, 4.69) is 44.6 Å². The van der Waals surface area contributed by atoms with Crippen LogP contribution in [0.3, 0.4) is 0 Å². The molecule has 14 nitrogen and oxygen atoms in total. The van der Waals surface area contributed by atoms with E-state index in [9.17, 15) is 24.9 Å². The van der Waals surface area contributed by atoms with Gasteiger partial charge in [-0.05, 0) is 71.4 Å². The topological polar surface area (TPSA) is 173 Å². The molecule has 0 aliphatic rings. The van der Waals surface area contributed by atoms with Gasteiger partial charge in [0.1, 0.15) is 31.7 Å². The smallest absolute Gasteiger partial charge is 0.408 e. The number of nitrogens with one attached hydrogen (secondary N) is 1. The third kappa shape index (κ3) is 16.0. The summed E-state index contributed by atoms with van der Waals surface area (Å²) in [4.78, 5) is 35.0. The Morgan fingerprint density at radius 2 is 1.19 bits per heavy atom. The minimum atomic E-state index is -1.21. The monoisotopic (exact) mass is 910 g/mol. The fourth-order valence-corrected chi connectivity index (χ4v) is 8.23. The first-order chi connectivity index (χ1) is 30.6. The zero-order valence-corrected chi connectivity index (χ0v) is 40.3. The molecule has 0 fully saturated rings. The van der Waals surface area contributed by atoms with Crippen molar-refractivity contribution in [1.29, 1.82) is 0 Å². The van der Waals surface area contributed by atoms with Gasteiger partial charge in [-0.1, -0.05) is 112 Å². The molecule has 0 saturated carbocycles. The molecule has 0 aliphatic heterocycles. The summed E-state index contributed by atoms with van der Waals surface area (Å²) < 4.78 is 21.2. The number of hydrogen-bond acceptors (Lipinski definition) is 9. The summed E-state index contributed by atoms with van der Waals surface area (Å²) in [5, 5.41) is 31.2. The van der Waals surface area contributed by atoms with Crippen LogP contribution in [0.4, 0.5) is 9.59 Å². The van der Waals surface area contributed by atoms with Crippen molar-refractivity contribution in [3.63, 3.8) is 0 Å². The third-order valence-electron chi connectivity index (χ3n) is 10.4. The van der Waals surface area contributed by atoms with Crippen molar-refractivity contribution in [3.05, 3.63) is 131 Å². The van der Waals surface area contributed by atoms with E-state index < -0.39 is 28.3 Å². The number of amides is 2. The van der Waals surface area contributed by atoms with Gasteiger partial charge in [0.2, 0.25) is 0 Å². The number of hydrogen-bond donors (Lipinski definition) is 4. The maximum atomic E-state index is 12.2. The highest BCUT2D eigenvalue weighted by Crippen LogP contribution is 2.23. The zero-order valence-electron chi connectivity index (χ0n) is 38.3. The Labute approximate surface area is 378 Å². The Hall–Kier alpha value is -5.37. The summed E-state index contributed by atoms with van der Waals surface area (Å²) in [6.07, 6.45) is -0.349. The molecule has 6 aromatic rings. The van der Waals surface area contributed by atoms with E-state index in [1.807, 2.05) is 106 Å². The normalized spacial score (nSPS) is 11.7. The molecule has 4 aromatic carbocycles. The Kier molecular flexibility index (Phi) is 18.7. The van der Waals surface area contributed by atoms with Crippen LogP contribution in [-0.4, -0.2) is 94.1 Å². The average Bonchev–Trinajstić information content (AvgIpc) is 3.78. The quantitative estimate of drug-likeness (QED) is 0.0381. The van der Waals surface area contributed by atoms with Crippen molar-refractivity contribution in [2.45, 2.75) is 104 Å². The molecule has 0 atom stereocenters. The molecule has 2 amide bonds. The van der Waals surface area contributed by atoms with Crippen LogP contribution in [-0.2, 0) is 66.8 Å². The molecule has 2 aromatic heterocycles. The third-order valence-corrected chi connectivity index (χ3v) is 13.8. The number of carbonyl (C=O) groups excluding carboxylic acids is 1. The lowest BCUT2D eigenvalue weighted by atomic mass is 10.1. The zero-order chi connectivity index (χ0) is 46.1.